The first-order valence-electron chi connectivity index (χ1n) is 13.5. The van der Waals surface area contributed by atoms with Crippen molar-refractivity contribution in [3.63, 3.8) is 0 Å². The number of amides is 1. The number of nitrogens with two attached hydrogens (primary N) is 1. The standard InChI is InChI=1S/C29H22B2ClF8N6O3.CH3.U/c1-11-21(23(43-10-47)15-6-13(33)4-5-18(15)32)19(44-25(42)16-7-14(34)8-17(22(16)41)27(35,36)37)9-20-24(11)46(29(38,39)40)12(2)45(20)28(31,49)26(3,30)48;;/h4-10,23,48-49H,2H2,1,3H3,(H4-,41,42,43,44,47);1H3;/q2*-1;+2. The zero-order chi connectivity index (χ0) is 37.2. The van der Waals surface area contributed by atoms with Crippen LogP contribution in [0.3, 0.4) is 0 Å². The smallest absolute Gasteiger partial charge is 0.464 e. The SMILES string of the molecule is [B]C(C)(O)C([B])(O)N1C(=C)N(C(F)(F)F)c2c1cc(NC(=[N-])c1cc(F)cc(C(F)(F)F)c1N)c(C(NC=O)c1cc(F)ccc1Cl)c2C.[CH3-].[U+2]. The average Bonchev–Trinajstić information content (AvgIpc) is 3.26. The van der Waals surface area contributed by atoms with Gasteiger partial charge in [0.15, 0.2) is 0 Å². The number of benzene rings is 3. The molecule has 3 aromatic rings. The number of nitrogens with zero attached hydrogens (tertiary/aromatic N) is 3. The second-order valence-electron chi connectivity index (χ2n) is 11.0. The van der Waals surface area contributed by atoms with Crippen LogP contribution in [0.1, 0.15) is 40.8 Å². The molecule has 1 amide bonds. The minimum atomic E-state index is -5.34. The quantitative estimate of drug-likeness (QED) is 0.0292. The molecular formula is C30H25B2ClF8N6O3U. The van der Waals surface area contributed by atoms with Crippen LogP contribution in [0.2, 0.25) is 5.02 Å². The van der Waals surface area contributed by atoms with Crippen molar-refractivity contribution in [3.05, 3.63) is 106 Å². The number of halogens is 9. The Kier molecular flexibility index (Phi) is 12.8. The van der Waals surface area contributed by atoms with Crippen molar-refractivity contribution in [2.45, 2.75) is 43.5 Å². The fraction of sp³-hybridized carbons (Fsp3) is 0.233. The van der Waals surface area contributed by atoms with Crippen molar-refractivity contribution >= 4 is 62.3 Å². The predicted molar refractivity (Wildman–Crippen MR) is 174 cm³/mol. The van der Waals surface area contributed by atoms with E-state index < -0.39 is 97.9 Å². The fourth-order valence-corrected chi connectivity index (χ4v) is 5.58. The number of rotatable bonds is 8. The van der Waals surface area contributed by atoms with Crippen LogP contribution >= 0.6 is 11.6 Å². The van der Waals surface area contributed by atoms with Crippen molar-refractivity contribution in [2.24, 2.45) is 0 Å². The normalized spacial score (nSPS) is 15.8. The first kappa shape index (κ1) is 43.7. The third kappa shape index (κ3) is 8.00. The molecule has 3 aromatic carbocycles. The van der Waals surface area contributed by atoms with Gasteiger partial charge in [-0.25, -0.2) is 13.7 Å². The number of nitrogen functional groups attached to an aromatic ring is 1. The minimum Gasteiger partial charge on any atom is -0.464 e. The molecule has 0 saturated carbocycles. The van der Waals surface area contributed by atoms with Gasteiger partial charge >= 0.3 is 43.6 Å². The zero-order valence-electron chi connectivity index (χ0n) is 26.6. The molecule has 0 spiro atoms. The van der Waals surface area contributed by atoms with E-state index in [9.17, 15) is 55.5 Å². The third-order valence-electron chi connectivity index (χ3n) is 7.64. The monoisotopic (exact) mass is 964 g/mol. The fourth-order valence-electron chi connectivity index (χ4n) is 5.36. The van der Waals surface area contributed by atoms with Crippen molar-refractivity contribution in [2.75, 3.05) is 20.9 Å². The summed E-state index contributed by atoms with van der Waals surface area (Å²) in [6, 6.07) is 2.35. The number of carbonyl (C=O) groups is 1. The summed E-state index contributed by atoms with van der Waals surface area (Å²) in [5, 5.41) is 36.9. The summed E-state index contributed by atoms with van der Waals surface area (Å²) >= 11 is 6.29. The minimum absolute atomic E-state index is 0. The number of nitrogens with one attached hydrogen (secondary N) is 2. The summed E-state index contributed by atoms with van der Waals surface area (Å²) in [7, 11) is 11.5. The molecule has 0 fully saturated rings. The molecule has 0 aromatic heterocycles. The summed E-state index contributed by atoms with van der Waals surface area (Å²) in [5.41, 5.74) is -7.60. The number of carbonyl (C=O) groups excluding carboxylic acids is 1. The molecule has 1 aliphatic rings. The summed E-state index contributed by atoms with van der Waals surface area (Å²) in [6.07, 6.45) is -10.5. The van der Waals surface area contributed by atoms with E-state index >= 15 is 0 Å². The topological polar surface area (TPSA) is 136 Å². The van der Waals surface area contributed by atoms with Gasteiger partial charge in [-0.2, -0.15) is 13.2 Å². The van der Waals surface area contributed by atoms with Crippen LogP contribution in [0, 0.1) is 57.1 Å². The molecule has 0 bridgehead atoms. The molecule has 51 heavy (non-hydrogen) atoms. The molecule has 266 valence electrons. The van der Waals surface area contributed by atoms with E-state index in [1.54, 1.807) is 0 Å². The van der Waals surface area contributed by atoms with E-state index in [1.807, 2.05) is 0 Å². The molecule has 0 saturated heterocycles. The van der Waals surface area contributed by atoms with Gasteiger partial charge in [0.05, 0.1) is 34.2 Å². The predicted octanol–water partition coefficient (Wildman–Crippen LogP) is 5.55. The first-order chi connectivity index (χ1) is 22.3. The zero-order valence-corrected chi connectivity index (χ0v) is 31.5. The van der Waals surface area contributed by atoms with Crippen LogP contribution in [0.25, 0.3) is 5.41 Å². The van der Waals surface area contributed by atoms with Crippen LogP contribution in [-0.4, -0.2) is 55.6 Å². The van der Waals surface area contributed by atoms with Gasteiger partial charge in [-0.1, -0.05) is 24.0 Å². The number of anilines is 4. The Morgan fingerprint density at radius 3 is 2.16 bits per heavy atom. The van der Waals surface area contributed by atoms with E-state index in [-0.39, 0.29) is 71.4 Å². The summed E-state index contributed by atoms with van der Waals surface area (Å²) in [5.74, 6) is -4.82. The Balaban J connectivity index is 0.00000451. The van der Waals surface area contributed by atoms with Gasteiger partial charge in [0, 0.05) is 10.6 Å². The average molecular weight is 965 g/mol. The largest absolute Gasteiger partial charge is 2.00 e. The van der Waals surface area contributed by atoms with Gasteiger partial charge in [-0.05, 0) is 72.6 Å². The number of alkyl halides is 6. The van der Waals surface area contributed by atoms with Crippen LogP contribution in [0.4, 0.5) is 57.9 Å². The van der Waals surface area contributed by atoms with Crippen LogP contribution < -0.4 is 26.2 Å². The number of fused-ring (bicyclic) bond motifs is 1. The Morgan fingerprint density at radius 2 is 1.65 bits per heavy atom. The second kappa shape index (κ2) is 14.9. The number of aliphatic hydroxyl groups is 2. The van der Waals surface area contributed by atoms with Crippen LogP contribution in [-0.2, 0) is 11.0 Å². The van der Waals surface area contributed by atoms with Gasteiger partial charge in [-0.15, -0.1) is 13.2 Å². The molecule has 4 radical (unpaired) electrons. The van der Waals surface area contributed by atoms with E-state index in [1.165, 1.54) is 0 Å². The maximum Gasteiger partial charge on any atom is 2.00 e. The second-order valence-corrected chi connectivity index (χ2v) is 11.4. The van der Waals surface area contributed by atoms with Gasteiger partial charge in [0.1, 0.15) is 38.8 Å². The third-order valence-corrected chi connectivity index (χ3v) is 7.99. The molecule has 0 aliphatic carbocycles. The van der Waals surface area contributed by atoms with Gasteiger partial charge < -0.3 is 44.3 Å². The van der Waals surface area contributed by atoms with Gasteiger partial charge in [0.2, 0.25) is 6.41 Å². The molecule has 1 aliphatic heterocycles. The first-order valence-corrected chi connectivity index (χ1v) is 13.9. The number of hydrogen-bond acceptors (Lipinski definition) is 6. The Morgan fingerprint density at radius 1 is 1.06 bits per heavy atom. The summed E-state index contributed by atoms with van der Waals surface area (Å²) in [4.78, 5) is 11.8. The molecule has 4 rings (SSSR count). The maximum atomic E-state index is 14.7. The summed E-state index contributed by atoms with van der Waals surface area (Å²) in [6.45, 7) is 5.14. The number of hydrogen-bond donors (Lipinski definition) is 5. The van der Waals surface area contributed by atoms with E-state index in [0.717, 1.165) is 38.1 Å². The van der Waals surface area contributed by atoms with Crippen molar-refractivity contribution < 1.29 is 81.2 Å². The maximum absolute atomic E-state index is 14.7. The van der Waals surface area contributed by atoms with E-state index in [0.29, 0.717) is 6.07 Å². The van der Waals surface area contributed by atoms with Crippen LogP contribution in [0.5, 0.6) is 0 Å². The van der Waals surface area contributed by atoms with E-state index in [4.69, 9.17) is 33.0 Å². The van der Waals surface area contributed by atoms with E-state index in [2.05, 4.69) is 17.2 Å². The molecule has 9 nitrogen and oxygen atoms in total. The molecule has 1 heterocycles. The van der Waals surface area contributed by atoms with Crippen molar-refractivity contribution in [1.82, 2.24) is 5.32 Å². The van der Waals surface area contributed by atoms with Crippen molar-refractivity contribution in [1.29, 1.82) is 0 Å². The van der Waals surface area contributed by atoms with Crippen LogP contribution in [0.15, 0.2) is 48.8 Å². The molecule has 21 heteroatoms. The van der Waals surface area contributed by atoms with Crippen molar-refractivity contribution in [3.8, 4) is 0 Å². The molecule has 3 atom stereocenters. The molecular weight excluding hydrogens is 939 g/mol. The molecule has 3 unspecified atom stereocenters. The van der Waals surface area contributed by atoms with Gasteiger partial charge in [0.25, 0.3) is 0 Å². The Hall–Kier alpha value is -3.43. The van der Waals surface area contributed by atoms with Gasteiger partial charge in [-0.3, -0.25) is 4.79 Å². The summed E-state index contributed by atoms with van der Waals surface area (Å²) < 4.78 is 114. The Labute approximate surface area is 317 Å². The number of amidine groups is 1. The molecule has 6 N–H and O–H groups in total. The Bertz CT molecular complexity index is 1880.